The van der Waals surface area contributed by atoms with Gasteiger partial charge in [-0.25, -0.2) is 9.78 Å². The number of amides is 1. The molecule has 1 amide bonds. The highest BCUT2D eigenvalue weighted by molar-refractivity contribution is 5.76. The Bertz CT molecular complexity index is 1180. The van der Waals surface area contributed by atoms with E-state index in [0.717, 1.165) is 0 Å². The Labute approximate surface area is 167 Å². The summed E-state index contributed by atoms with van der Waals surface area (Å²) in [5, 5.41) is 2.70. The summed E-state index contributed by atoms with van der Waals surface area (Å²) in [5.41, 5.74) is -0.164. The summed E-state index contributed by atoms with van der Waals surface area (Å²) in [6.45, 7) is -2.82. The van der Waals surface area contributed by atoms with Crippen LogP contribution in [0.4, 0.5) is 8.78 Å². The molecule has 0 aliphatic heterocycles. The van der Waals surface area contributed by atoms with E-state index in [4.69, 9.17) is 4.74 Å². The number of methoxy groups -OCH3 is 1. The second-order valence-electron chi connectivity index (χ2n) is 6.34. The highest BCUT2D eigenvalue weighted by Gasteiger charge is 2.13. The highest BCUT2D eigenvalue weighted by atomic mass is 19.3. The minimum atomic E-state index is -2.97. The lowest BCUT2D eigenvalue weighted by Gasteiger charge is -2.12. The number of aromatic amines is 2. The summed E-state index contributed by atoms with van der Waals surface area (Å²) >= 11 is 0. The SMILES string of the molecule is COc1cc(CNC(=O)CCc2nc3c([nH]2)c(=O)[nH]c(=O)n3C)ccc1OC(F)F. The number of halogens is 2. The van der Waals surface area contributed by atoms with E-state index in [1.807, 2.05) is 0 Å². The number of nitrogens with zero attached hydrogens (tertiary/aromatic N) is 2. The second kappa shape index (κ2) is 8.76. The molecule has 12 heteroatoms. The summed E-state index contributed by atoms with van der Waals surface area (Å²) in [5.74, 6) is 0.129. The van der Waals surface area contributed by atoms with E-state index in [0.29, 0.717) is 11.4 Å². The molecule has 0 atom stereocenters. The Kier molecular flexibility index (Phi) is 6.14. The third-order valence-corrected chi connectivity index (χ3v) is 4.33. The first-order valence-electron chi connectivity index (χ1n) is 8.84. The molecule has 3 N–H and O–H groups in total. The van der Waals surface area contributed by atoms with E-state index in [1.165, 1.54) is 36.9 Å². The number of carbonyl (C=O) groups is 1. The van der Waals surface area contributed by atoms with Crippen molar-refractivity contribution in [2.75, 3.05) is 7.11 Å². The number of hydrogen-bond acceptors (Lipinski definition) is 6. The molecule has 30 heavy (non-hydrogen) atoms. The number of nitrogens with one attached hydrogen (secondary N) is 3. The van der Waals surface area contributed by atoms with E-state index in [9.17, 15) is 23.2 Å². The average Bonchev–Trinajstić information content (AvgIpc) is 3.14. The Balaban J connectivity index is 1.60. The van der Waals surface area contributed by atoms with Gasteiger partial charge in [-0.05, 0) is 17.7 Å². The predicted octanol–water partition coefficient (Wildman–Crippen LogP) is 0.809. The summed E-state index contributed by atoms with van der Waals surface area (Å²) in [6, 6.07) is 4.36. The first-order valence-corrected chi connectivity index (χ1v) is 8.84. The van der Waals surface area contributed by atoms with Crippen molar-refractivity contribution in [3.8, 4) is 11.5 Å². The molecule has 10 nitrogen and oxygen atoms in total. The quantitative estimate of drug-likeness (QED) is 0.491. The molecule has 0 saturated heterocycles. The number of ether oxygens (including phenoxy) is 2. The molecule has 0 aliphatic carbocycles. The molecule has 2 aromatic heterocycles. The summed E-state index contributed by atoms with van der Waals surface area (Å²) in [6.07, 6.45) is 0.300. The maximum atomic E-state index is 12.4. The number of aromatic nitrogens is 4. The van der Waals surface area contributed by atoms with Gasteiger partial charge in [0.05, 0.1) is 7.11 Å². The topological polar surface area (TPSA) is 131 Å². The van der Waals surface area contributed by atoms with E-state index in [-0.39, 0.29) is 48.0 Å². The van der Waals surface area contributed by atoms with Crippen LogP contribution >= 0.6 is 0 Å². The molecule has 0 unspecified atom stereocenters. The van der Waals surface area contributed by atoms with Gasteiger partial charge < -0.3 is 19.8 Å². The zero-order valence-corrected chi connectivity index (χ0v) is 16.1. The van der Waals surface area contributed by atoms with Gasteiger partial charge in [-0.2, -0.15) is 8.78 Å². The number of fused-ring (bicyclic) bond motifs is 1. The van der Waals surface area contributed by atoms with Gasteiger partial charge in [0, 0.05) is 26.4 Å². The summed E-state index contributed by atoms with van der Waals surface area (Å²) in [4.78, 5) is 44.7. The second-order valence-corrected chi connectivity index (χ2v) is 6.34. The van der Waals surface area contributed by atoms with Crippen LogP contribution in [-0.4, -0.2) is 39.1 Å². The van der Waals surface area contributed by atoms with E-state index < -0.39 is 17.9 Å². The molecule has 3 rings (SSSR count). The van der Waals surface area contributed by atoms with Crippen molar-refractivity contribution in [2.45, 2.75) is 26.0 Å². The number of H-pyrrole nitrogens is 2. The van der Waals surface area contributed by atoms with Gasteiger partial charge in [-0.15, -0.1) is 0 Å². The smallest absolute Gasteiger partial charge is 0.387 e. The number of hydrogen-bond donors (Lipinski definition) is 3. The minimum Gasteiger partial charge on any atom is -0.493 e. The molecule has 0 bridgehead atoms. The van der Waals surface area contributed by atoms with Gasteiger partial charge in [0.2, 0.25) is 5.91 Å². The summed E-state index contributed by atoms with van der Waals surface area (Å²) < 4.78 is 35.3. The van der Waals surface area contributed by atoms with Gasteiger partial charge in [0.25, 0.3) is 5.56 Å². The highest BCUT2D eigenvalue weighted by Crippen LogP contribution is 2.29. The first kappa shape index (κ1) is 21.0. The van der Waals surface area contributed by atoms with E-state index in [2.05, 4.69) is 25.0 Å². The van der Waals surface area contributed by atoms with Crippen molar-refractivity contribution in [1.29, 1.82) is 0 Å². The van der Waals surface area contributed by atoms with Crippen LogP contribution in [0.25, 0.3) is 11.2 Å². The van der Waals surface area contributed by atoms with Crippen LogP contribution in [-0.2, 0) is 24.8 Å². The molecule has 0 saturated carbocycles. The minimum absolute atomic E-state index is 0.0788. The molecule has 0 spiro atoms. The fourth-order valence-corrected chi connectivity index (χ4v) is 2.81. The average molecular weight is 423 g/mol. The van der Waals surface area contributed by atoms with Crippen LogP contribution in [0.2, 0.25) is 0 Å². The molecule has 160 valence electrons. The Hall–Kier alpha value is -3.70. The van der Waals surface area contributed by atoms with Gasteiger partial charge in [-0.1, -0.05) is 6.07 Å². The zero-order chi connectivity index (χ0) is 21.8. The van der Waals surface area contributed by atoms with Crippen molar-refractivity contribution in [1.82, 2.24) is 24.8 Å². The van der Waals surface area contributed by atoms with Gasteiger partial charge >= 0.3 is 12.3 Å². The number of imidazole rings is 1. The van der Waals surface area contributed by atoms with Crippen molar-refractivity contribution in [2.24, 2.45) is 7.05 Å². The van der Waals surface area contributed by atoms with E-state index >= 15 is 0 Å². The van der Waals surface area contributed by atoms with Crippen LogP contribution in [0.15, 0.2) is 27.8 Å². The lowest BCUT2D eigenvalue weighted by Crippen LogP contribution is -2.28. The Morgan fingerprint density at radius 3 is 2.73 bits per heavy atom. The molecular weight excluding hydrogens is 404 g/mol. The standard InChI is InChI=1S/C18H19F2N5O5/c1-25-15-14(16(27)24-18(25)28)22-12(23-15)5-6-13(26)21-8-9-3-4-10(30-17(19)20)11(7-9)29-2/h3-4,7,17H,5-6,8H2,1-2H3,(H,21,26)(H,22,23)(H,24,27,28). The molecule has 0 fully saturated rings. The molecule has 0 radical (unpaired) electrons. The van der Waals surface area contributed by atoms with Crippen LogP contribution in [0, 0.1) is 0 Å². The van der Waals surface area contributed by atoms with Gasteiger partial charge in [0.15, 0.2) is 17.1 Å². The van der Waals surface area contributed by atoms with E-state index in [1.54, 1.807) is 0 Å². The lowest BCUT2D eigenvalue weighted by atomic mass is 10.2. The van der Waals surface area contributed by atoms with Crippen molar-refractivity contribution < 1.29 is 23.0 Å². The zero-order valence-electron chi connectivity index (χ0n) is 16.1. The normalized spacial score (nSPS) is 11.1. The number of aryl methyl sites for hydroxylation is 2. The van der Waals surface area contributed by atoms with Crippen LogP contribution in [0.1, 0.15) is 17.8 Å². The lowest BCUT2D eigenvalue weighted by molar-refractivity contribution is -0.121. The predicted molar refractivity (Wildman–Crippen MR) is 102 cm³/mol. The number of benzene rings is 1. The van der Waals surface area contributed by atoms with Crippen molar-refractivity contribution in [3.05, 3.63) is 50.4 Å². The first-order chi connectivity index (χ1) is 14.3. The van der Waals surface area contributed by atoms with Gasteiger partial charge in [0.1, 0.15) is 11.3 Å². The van der Waals surface area contributed by atoms with Crippen LogP contribution in [0.5, 0.6) is 11.5 Å². The number of alkyl halides is 2. The molecule has 2 heterocycles. The fraction of sp³-hybridized carbons (Fsp3) is 0.333. The molecule has 0 aliphatic rings. The maximum absolute atomic E-state index is 12.4. The van der Waals surface area contributed by atoms with Crippen molar-refractivity contribution in [3.63, 3.8) is 0 Å². The van der Waals surface area contributed by atoms with Crippen LogP contribution in [0.3, 0.4) is 0 Å². The number of carbonyl (C=O) groups excluding carboxylic acids is 1. The molecule has 3 aromatic rings. The van der Waals surface area contributed by atoms with Gasteiger partial charge in [-0.3, -0.25) is 19.1 Å². The Morgan fingerprint density at radius 1 is 1.27 bits per heavy atom. The third-order valence-electron chi connectivity index (χ3n) is 4.33. The van der Waals surface area contributed by atoms with Crippen molar-refractivity contribution >= 4 is 17.1 Å². The largest absolute Gasteiger partial charge is 0.493 e. The molecular formula is C18H19F2N5O5. The molecule has 1 aromatic carbocycles. The van der Waals surface area contributed by atoms with Crippen LogP contribution < -0.4 is 26.0 Å². The monoisotopic (exact) mass is 423 g/mol. The third kappa shape index (κ3) is 4.64. The fourth-order valence-electron chi connectivity index (χ4n) is 2.81. The maximum Gasteiger partial charge on any atom is 0.387 e. The summed E-state index contributed by atoms with van der Waals surface area (Å²) in [7, 11) is 2.80. The number of rotatable bonds is 8. The Morgan fingerprint density at radius 2 is 2.03 bits per heavy atom.